The van der Waals surface area contributed by atoms with Gasteiger partial charge in [0.25, 0.3) is 0 Å². The lowest BCUT2D eigenvalue weighted by Gasteiger charge is -2.23. The molecule has 3 rings (SSSR count). The Morgan fingerprint density at radius 2 is 2.22 bits per heavy atom. The van der Waals surface area contributed by atoms with E-state index in [-0.39, 0.29) is 18.0 Å². The van der Waals surface area contributed by atoms with Gasteiger partial charge in [-0.15, -0.1) is 0 Å². The van der Waals surface area contributed by atoms with E-state index in [1.807, 2.05) is 6.07 Å². The second-order valence-electron chi connectivity index (χ2n) is 4.83. The number of hydrogen-bond acceptors (Lipinski definition) is 4. The summed E-state index contributed by atoms with van der Waals surface area (Å²) in [5.41, 5.74) is 2.18. The highest BCUT2D eigenvalue weighted by Crippen LogP contribution is 2.32. The third-order valence-corrected chi connectivity index (χ3v) is 3.64. The van der Waals surface area contributed by atoms with E-state index < -0.39 is 0 Å². The summed E-state index contributed by atoms with van der Waals surface area (Å²) in [6, 6.07) is 4.01. The molecule has 4 nitrogen and oxygen atoms in total. The van der Waals surface area contributed by atoms with Crippen LogP contribution >= 0.6 is 0 Å². The first kappa shape index (κ1) is 11.8. The van der Waals surface area contributed by atoms with Crippen molar-refractivity contribution in [3.05, 3.63) is 29.6 Å². The van der Waals surface area contributed by atoms with Crippen LogP contribution in [0.4, 0.5) is 0 Å². The zero-order valence-corrected chi connectivity index (χ0v) is 10.3. The molecule has 2 heterocycles. The summed E-state index contributed by atoms with van der Waals surface area (Å²) in [7, 11) is 0. The minimum absolute atomic E-state index is 0.0669. The first-order chi connectivity index (χ1) is 8.84. The van der Waals surface area contributed by atoms with Gasteiger partial charge in [0.1, 0.15) is 5.78 Å². The first-order valence-corrected chi connectivity index (χ1v) is 6.54. The van der Waals surface area contributed by atoms with Gasteiger partial charge < -0.3 is 9.47 Å². The first-order valence-electron chi connectivity index (χ1n) is 6.54. The fourth-order valence-electron chi connectivity index (χ4n) is 2.75. The Morgan fingerprint density at radius 1 is 1.39 bits per heavy atom. The highest BCUT2D eigenvalue weighted by Gasteiger charge is 2.30. The minimum atomic E-state index is -0.341. The molecule has 0 amide bonds. The highest BCUT2D eigenvalue weighted by molar-refractivity contribution is 5.86. The topological polar surface area (TPSA) is 48.4 Å². The molecule has 1 aromatic rings. The quantitative estimate of drug-likeness (QED) is 0.817. The summed E-state index contributed by atoms with van der Waals surface area (Å²) >= 11 is 0. The van der Waals surface area contributed by atoms with Crippen LogP contribution in [0.25, 0.3) is 0 Å². The van der Waals surface area contributed by atoms with Gasteiger partial charge >= 0.3 is 0 Å². The molecule has 96 valence electrons. The van der Waals surface area contributed by atoms with Crippen LogP contribution in [0.5, 0.6) is 0 Å². The van der Waals surface area contributed by atoms with Gasteiger partial charge in [0.2, 0.25) is 0 Å². The van der Waals surface area contributed by atoms with E-state index in [9.17, 15) is 4.79 Å². The van der Waals surface area contributed by atoms with Gasteiger partial charge in [0.05, 0.1) is 31.2 Å². The molecule has 1 saturated heterocycles. The molecule has 1 aromatic heterocycles. The highest BCUT2D eigenvalue weighted by atomic mass is 16.7. The number of hydrogen-bond donors (Lipinski definition) is 0. The summed E-state index contributed by atoms with van der Waals surface area (Å²) in [5.74, 6) is 0.129. The number of nitrogens with zero attached hydrogens (tertiary/aromatic N) is 1. The summed E-state index contributed by atoms with van der Waals surface area (Å²) in [6.45, 7) is 1.19. The van der Waals surface area contributed by atoms with Crippen molar-refractivity contribution in [2.24, 2.45) is 0 Å². The molecule has 0 radical (unpaired) electrons. The number of rotatable bonds is 3. The number of ketones is 1. The van der Waals surface area contributed by atoms with Gasteiger partial charge in [-0.25, -0.2) is 0 Å². The largest absolute Gasteiger partial charge is 0.350 e. The Bertz CT molecular complexity index is 440. The second kappa shape index (κ2) is 5.16. The van der Waals surface area contributed by atoms with Crippen LogP contribution in [0, 0.1) is 0 Å². The molecule has 1 aliphatic heterocycles. The van der Waals surface area contributed by atoms with E-state index >= 15 is 0 Å². The monoisotopic (exact) mass is 247 g/mol. The molecule has 0 spiro atoms. The zero-order valence-electron chi connectivity index (χ0n) is 10.3. The minimum Gasteiger partial charge on any atom is -0.350 e. The van der Waals surface area contributed by atoms with Crippen LogP contribution in [0.2, 0.25) is 0 Å². The van der Waals surface area contributed by atoms with Gasteiger partial charge in [-0.2, -0.15) is 0 Å². The number of fused-ring (bicyclic) bond motifs is 1. The van der Waals surface area contributed by atoms with E-state index in [0.717, 1.165) is 25.0 Å². The van der Waals surface area contributed by atoms with Gasteiger partial charge in [0.15, 0.2) is 6.29 Å². The molecule has 0 bridgehead atoms. The summed E-state index contributed by atoms with van der Waals surface area (Å²) < 4.78 is 10.7. The fourth-order valence-corrected chi connectivity index (χ4v) is 2.75. The van der Waals surface area contributed by atoms with Crippen LogP contribution in [0.3, 0.4) is 0 Å². The van der Waals surface area contributed by atoms with Crippen LogP contribution < -0.4 is 0 Å². The van der Waals surface area contributed by atoms with E-state index in [4.69, 9.17) is 9.47 Å². The average molecular weight is 247 g/mol. The molecule has 1 aliphatic carbocycles. The van der Waals surface area contributed by atoms with E-state index in [1.165, 1.54) is 5.56 Å². The van der Waals surface area contributed by atoms with Crippen LogP contribution in [0.1, 0.15) is 36.4 Å². The standard InChI is InChI=1S/C14H17NO3/c16-12(9-13-17-7-8-18-13)11-5-1-3-10-4-2-6-15-14(10)11/h2,4,6,11,13H,1,3,5,7-9H2. The Labute approximate surface area is 106 Å². The Balaban J connectivity index is 1.74. The Morgan fingerprint density at radius 3 is 3.06 bits per heavy atom. The van der Waals surface area contributed by atoms with Crippen molar-refractivity contribution in [1.29, 1.82) is 0 Å². The maximum atomic E-state index is 12.3. The van der Waals surface area contributed by atoms with Crippen molar-refractivity contribution in [3.63, 3.8) is 0 Å². The third kappa shape index (κ3) is 2.31. The molecule has 2 aliphatic rings. The lowest BCUT2D eigenvalue weighted by Crippen LogP contribution is -2.24. The maximum absolute atomic E-state index is 12.3. The number of aromatic nitrogens is 1. The third-order valence-electron chi connectivity index (χ3n) is 3.64. The molecule has 1 fully saturated rings. The smallest absolute Gasteiger partial charge is 0.164 e. The second-order valence-corrected chi connectivity index (χ2v) is 4.83. The van der Waals surface area contributed by atoms with Crippen LogP contribution in [-0.2, 0) is 20.7 Å². The molecular weight excluding hydrogens is 230 g/mol. The van der Waals surface area contributed by atoms with Gasteiger partial charge in [-0.05, 0) is 30.9 Å². The predicted octanol–water partition coefficient (Wildman–Crippen LogP) is 1.83. The average Bonchev–Trinajstić information content (AvgIpc) is 2.91. The van der Waals surface area contributed by atoms with Gasteiger partial charge in [-0.1, -0.05) is 6.07 Å². The molecule has 4 heteroatoms. The summed E-state index contributed by atoms with van der Waals surface area (Å²) in [6.07, 6.45) is 4.76. The number of pyridine rings is 1. The maximum Gasteiger partial charge on any atom is 0.164 e. The fraction of sp³-hybridized carbons (Fsp3) is 0.571. The molecule has 0 aromatic carbocycles. The normalized spacial score (nSPS) is 23.9. The van der Waals surface area contributed by atoms with Crippen molar-refractivity contribution in [1.82, 2.24) is 4.98 Å². The lowest BCUT2D eigenvalue weighted by atomic mass is 9.83. The molecule has 1 unspecified atom stereocenters. The van der Waals surface area contributed by atoms with Crippen LogP contribution in [-0.4, -0.2) is 30.3 Å². The number of ether oxygens (including phenoxy) is 2. The van der Waals surface area contributed by atoms with Gasteiger partial charge in [-0.3, -0.25) is 9.78 Å². The van der Waals surface area contributed by atoms with E-state index in [1.54, 1.807) is 6.20 Å². The molecular formula is C14H17NO3. The van der Waals surface area contributed by atoms with E-state index in [2.05, 4.69) is 11.1 Å². The lowest BCUT2D eigenvalue weighted by molar-refractivity contribution is -0.129. The summed E-state index contributed by atoms with van der Waals surface area (Å²) in [4.78, 5) is 16.7. The zero-order chi connectivity index (χ0) is 12.4. The number of carbonyl (C=O) groups excluding carboxylic acids is 1. The Hall–Kier alpha value is -1.26. The van der Waals surface area contributed by atoms with Crippen molar-refractivity contribution >= 4 is 5.78 Å². The van der Waals surface area contributed by atoms with Crippen molar-refractivity contribution in [2.45, 2.75) is 37.9 Å². The molecule has 0 saturated carbocycles. The number of carbonyl (C=O) groups is 1. The molecule has 0 N–H and O–H groups in total. The molecule has 1 atom stereocenters. The molecule has 18 heavy (non-hydrogen) atoms. The number of Topliss-reactive ketones (excluding diaryl/α,β-unsaturated/α-hetero) is 1. The summed E-state index contributed by atoms with van der Waals surface area (Å²) in [5, 5.41) is 0. The van der Waals surface area contributed by atoms with Gasteiger partial charge in [0, 0.05) is 6.20 Å². The Kier molecular flexibility index (Phi) is 3.39. The van der Waals surface area contributed by atoms with Crippen LogP contribution in [0.15, 0.2) is 18.3 Å². The van der Waals surface area contributed by atoms with Crippen molar-refractivity contribution < 1.29 is 14.3 Å². The SMILES string of the molecule is O=C(CC1OCCO1)C1CCCc2cccnc21. The van der Waals surface area contributed by atoms with Crippen molar-refractivity contribution in [2.75, 3.05) is 13.2 Å². The van der Waals surface area contributed by atoms with E-state index in [0.29, 0.717) is 19.6 Å². The number of aryl methyl sites for hydroxylation is 1. The van der Waals surface area contributed by atoms with Crippen molar-refractivity contribution in [3.8, 4) is 0 Å². The predicted molar refractivity (Wildman–Crippen MR) is 65.2 cm³/mol.